The van der Waals surface area contributed by atoms with Crippen LogP contribution in [-0.2, 0) is 13.0 Å². The standard InChI is InChI=1S/C16H18FN/c1-13-6-2-3-7-14(13)10-11-18-12-15-8-4-5-9-16(15)17/h2-9,18H,10-12H2,1H3. The number of rotatable bonds is 5. The largest absolute Gasteiger partial charge is 0.312 e. The van der Waals surface area contributed by atoms with E-state index in [4.69, 9.17) is 0 Å². The molecule has 0 aliphatic heterocycles. The van der Waals surface area contributed by atoms with Gasteiger partial charge in [0.15, 0.2) is 0 Å². The summed E-state index contributed by atoms with van der Waals surface area (Å²) in [6, 6.07) is 15.2. The van der Waals surface area contributed by atoms with E-state index in [9.17, 15) is 4.39 Å². The summed E-state index contributed by atoms with van der Waals surface area (Å²) >= 11 is 0. The highest BCUT2D eigenvalue weighted by Crippen LogP contribution is 2.08. The summed E-state index contributed by atoms with van der Waals surface area (Å²) in [6.45, 7) is 3.56. The maximum atomic E-state index is 13.4. The average molecular weight is 243 g/mol. The second-order valence-electron chi connectivity index (χ2n) is 4.44. The van der Waals surface area contributed by atoms with Crippen molar-refractivity contribution in [3.8, 4) is 0 Å². The van der Waals surface area contributed by atoms with E-state index in [1.807, 2.05) is 18.2 Å². The monoisotopic (exact) mass is 243 g/mol. The molecule has 0 radical (unpaired) electrons. The van der Waals surface area contributed by atoms with Crippen LogP contribution in [0.4, 0.5) is 4.39 Å². The molecule has 0 heterocycles. The molecule has 1 nitrogen and oxygen atoms in total. The second-order valence-corrected chi connectivity index (χ2v) is 4.44. The Morgan fingerprint density at radius 2 is 1.61 bits per heavy atom. The first-order valence-electron chi connectivity index (χ1n) is 6.26. The molecule has 0 saturated heterocycles. The van der Waals surface area contributed by atoms with Gasteiger partial charge in [-0.25, -0.2) is 4.39 Å². The van der Waals surface area contributed by atoms with Crippen LogP contribution in [0.1, 0.15) is 16.7 Å². The molecule has 2 rings (SSSR count). The van der Waals surface area contributed by atoms with E-state index in [1.165, 1.54) is 17.2 Å². The van der Waals surface area contributed by atoms with Crippen LogP contribution < -0.4 is 5.32 Å². The number of benzene rings is 2. The minimum Gasteiger partial charge on any atom is -0.312 e. The van der Waals surface area contributed by atoms with Gasteiger partial charge in [-0.05, 0) is 37.1 Å². The molecule has 0 aliphatic carbocycles. The first-order chi connectivity index (χ1) is 8.77. The minimum atomic E-state index is -0.138. The average Bonchev–Trinajstić information content (AvgIpc) is 2.38. The van der Waals surface area contributed by atoms with Crippen molar-refractivity contribution in [3.05, 3.63) is 71.0 Å². The van der Waals surface area contributed by atoms with Gasteiger partial charge in [-0.3, -0.25) is 0 Å². The van der Waals surface area contributed by atoms with Crippen molar-refractivity contribution in [3.63, 3.8) is 0 Å². The van der Waals surface area contributed by atoms with Gasteiger partial charge >= 0.3 is 0 Å². The first-order valence-corrected chi connectivity index (χ1v) is 6.26. The molecular weight excluding hydrogens is 225 g/mol. The Morgan fingerprint density at radius 3 is 2.33 bits per heavy atom. The Morgan fingerprint density at radius 1 is 0.944 bits per heavy atom. The molecule has 2 aromatic carbocycles. The van der Waals surface area contributed by atoms with Crippen LogP contribution in [-0.4, -0.2) is 6.54 Å². The van der Waals surface area contributed by atoms with Crippen molar-refractivity contribution in [2.24, 2.45) is 0 Å². The van der Waals surface area contributed by atoms with Crippen LogP contribution in [0.15, 0.2) is 48.5 Å². The quantitative estimate of drug-likeness (QED) is 0.793. The molecule has 0 spiro atoms. The molecule has 1 N–H and O–H groups in total. The molecule has 0 bridgehead atoms. The third kappa shape index (κ3) is 3.41. The lowest BCUT2D eigenvalue weighted by molar-refractivity contribution is 0.588. The van der Waals surface area contributed by atoms with Gasteiger partial charge in [-0.2, -0.15) is 0 Å². The topological polar surface area (TPSA) is 12.0 Å². The van der Waals surface area contributed by atoms with Crippen molar-refractivity contribution >= 4 is 0 Å². The lowest BCUT2D eigenvalue weighted by Gasteiger charge is -2.07. The van der Waals surface area contributed by atoms with E-state index >= 15 is 0 Å². The van der Waals surface area contributed by atoms with E-state index < -0.39 is 0 Å². The summed E-state index contributed by atoms with van der Waals surface area (Å²) in [4.78, 5) is 0. The van der Waals surface area contributed by atoms with Gasteiger partial charge in [0.2, 0.25) is 0 Å². The van der Waals surface area contributed by atoms with Gasteiger partial charge in [0.1, 0.15) is 5.82 Å². The van der Waals surface area contributed by atoms with E-state index in [1.54, 1.807) is 6.07 Å². The molecule has 0 aromatic heterocycles. The molecule has 0 fully saturated rings. The molecule has 0 amide bonds. The Labute approximate surface area is 108 Å². The van der Waals surface area contributed by atoms with Gasteiger partial charge in [-0.1, -0.05) is 42.5 Å². The summed E-state index contributed by atoms with van der Waals surface area (Å²) in [5.74, 6) is -0.138. The Balaban J connectivity index is 1.80. The zero-order valence-electron chi connectivity index (χ0n) is 10.6. The van der Waals surface area contributed by atoms with Crippen LogP contribution >= 0.6 is 0 Å². The fourth-order valence-electron chi connectivity index (χ4n) is 1.98. The van der Waals surface area contributed by atoms with Crippen molar-refractivity contribution in [2.75, 3.05) is 6.54 Å². The normalized spacial score (nSPS) is 10.6. The van der Waals surface area contributed by atoms with E-state index in [0.29, 0.717) is 6.54 Å². The molecule has 0 aliphatic rings. The number of hydrogen-bond donors (Lipinski definition) is 1. The number of hydrogen-bond acceptors (Lipinski definition) is 1. The highest BCUT2D eigenvalue weighted by molar-refractivity contribution is 5.25. The predicted molar refractivity (Wildman–Crippen MR) is 73.0 cm³/mol. The molecule has 0 unspecified atom stereocenters. The molecule has 0 saturated carbocycles. The fraction of sp³-hybridized carbons (Fsp3) is 0.250. The van der Waals surface area contributed by atoms with Crippen molar-refractivity contribution < 1.29 is 4.39 Å². The van der Waals surface area contributed by atoms with Crippen molar-refractivity contribution in [1.82, 2.24) is 5.32 Å². The Hall–Kier alpha value is -1.67. The number of nitrogens with one attached hydrogen (secondary N) is 1. The number of halogens is 1. The summed E-state index contributed by atoms with van der Waals surface area (Å²) in [6.07, 6.45) is 0.973. The van der Waals surface area contributed by atoms with Gasteiger partial charge in [0.25, 0.3) is 0 Å². The van der Waals surface area contributed by atoms with Crippen LogP contribution in [0.25, 0.3) is 0 Å². The lowest BCUT2D eigenvalue weighted by Crippen LogP contribution is -2.17. The van der Waals surface area contributed by atoms with E-state index in [2.05, 4.69) is 30.4 Å². The van der Waals surface area contributed by atoms with Gasteiger partial charge in [0.05, 0.1) is 0 Å². The summed E-state index contributed by atoms with van der Waals surface area (Å²) in [7, 11) is 0. The molecule has 2 aromatic rings. The molecule has 18 heavy (non-hydrogen) atoms. The SMILES string of the molecule is Cc1ccccc1CCNCc1ccccc1F. The summed E-state index contributed by atoms with van der Waals surface area (Å²) in [5, 5.41) is 3.28. The highest BCUT2D eigenvalue weighted by Gasteiger charge is 2.00. The molecular formula is C16H18FN. The Bertz CT molecular complexity index is 460. The van der Waals surface area contributed by atoms with Crippen LogP contribution in [0.2, 0.25) is 0 Å². The smallest absolute Gasteiger partial charge is 0.127 e. The maximum Gasteiger partial charge on any atom is 0.127 e. The van der Waals surface area contributed by atoms with E-state index in [0.717, 1.165) is 18.5 Å². The third-order valence-electron chi connectivity index (χ3n) is 3.11. The van der Waals surface area contributed by atoms with Crippen LogP contribution in [0, 0.1) is 12.7 Å². The van der Waals surface area contributed by atoms with Gasteiger partial charge < -0.3 is 5.32 Å². The summed E-state index contributed by atoms with van der Waals surface area (Å²) < 4.78 is 13.4. The van der Waals surface area contributed by atoms with Crippen molar-refractivity contribution in [1.29, 1.82) is 0 Å². The van der Waals surface area contributed by atoms with Crippen molar-refractivity contribution in [2.45, 2.75) is 19.9 Å². The van der Waals surface area contributed by atoms with Crippen LogP contribution in [0.3, 0.4) is 0 Å². The first kappa shape index (κ1) is 12.8. The van der Waals surface area contributed by atoms with E-state index in [-0.39, 0.29) is 5.82 Å². The maximum absolute atomic E-state index is 13.4. The van der Waals surface area contributed by atoms with Gasteiger partial charge in [-0.15, -0.1) is 0 Å². The zero-order valence-corrected chi connectivity index (χ0v) is 10.6. The minimum absolute atomic E-state index is 0.138. The third-order valence-corrected chi connectivity index (χ3v) is 3.11. The molecule has 0 atom stereocenters. The second kappa shape index (κ2) is 6.31. The predicted octanol–water partition coefficient (Wildman–Crippen LogP) is 3.47. The highest BCUT2D eigenvalue weighted by atomic mass is 19.1. The van der Waals surface area contributed by atoms with Crippen LogP contribution in [0.5, 0.6) is 0 Å². The fourth-order valence-corrected chi connectivity index (χ4v) is 1.98. The Kier molecular flexibility index (Phi) is 4.48. The summed E-state index contributed by atoms with van der Waals surface area (Å²) in [5.41, 5.74) is 3.38. The van der Waals surface area contributed by atoms with Gasteiger partial charge in [0, 0.05) is 12.1 Å². The number of aryl methyl sites for hydroxylation is 1. The zero-order chi connectivity index (χ0) is 12.8. The molecule has 94 valence electrons. The molecule has 2 heteroatoms. The lowest BCUT2D eigenvalue weighted by atomic mass is 10.1.